The molecule has 2 fully saturated rings. The molecule has 1 saturated carbocycles. The molecule has 30 heavy (non-hydrogen) atoms. The van der Waals surface area contributed by atoms with Crippen LogP contribution >= 0.6 is 0 Å². The van der Waals surface area contributed by atoms with E-state index in [2.05, 4.69) is 17.6 Å². The second-order valence-corrected chi connectivity index (χ2v) is 9.61. The van der Waals surface area contributed by atoms with Gasteiger partial charge in [-0.1, -0.05) is 25.5 Å². The first-order valence-electron chi connectivity index (χ1n) is 10.2. The van der Waals surface area contributed by atoms with Crippen molar-refractivity contribution in [2.75, 3.05) is 13.1 Å². The molecule has 1 spiro atoms. The van der Waals surface area contributed by atoms with Crippen molar-refractivity contribution >= 4 is 27.9 Å². The summed E-state index contributed by atoms with van der Waals surface area (Å²) in [6.45, 7) is 2.11. The molecule has 1 aromatic rings. The van der Waals surface area contributed by atoms with Crippen molar-refractivity contribution in [1.29, 1.82) is 0 Å². The summed E-state index contributed by atoms with van der Waals surface area (Å²) < 4.78 is 22.5. The Morgan fingerprint density at radius 2 is 1.87 bits per heavy atom. The number of nitrogens with zero attached hydrogens (tertiary/aromatic N) is 1. The SMILES string of the molecule is CCC1CCC2(CC1)NC(=O)N(CC(=O)NCCc1ccc(S(N)(=O)=O)cc1)C2=O. The van der Waals surface area contributed by atoms with Crippen molar-refractivity contribution in [2.24, 2.45) is 11.1 Å². The Labute approximate surface area is 176 Å². The predicted octanol–water partition coefficient (Wildman–Crippen LogP) is 0.884. The van der Waals surface area contributed by atoms with Gasteiger partial charge in [-0.05, 0) is 55.7 Å². The fourth-order valence-electron chi connectivity index (χ4n) is 4.13. The summed E-state index contributed by atoms with van der Waals surface area (Å²) in [5, 5.41) is 10.6. The molecule has 0 bridgehead atoms. The number of sulfonamides is 1. The summed E-state index contributed by atoms with van der Waals surface area (Å²) in [5.74, 6) is -0.147. The summed E-state index contributed by atoms with van der Waals surface area (Å²) in [5.41, 5.74) is -0.0296. The maximum Gasteiger partial charge on any atom is 0.325 e. The third kappa shape index (κ3) is 4.81. The number of rotatable bonds is 7. The van der Waals surface area contributed by atoms with E-state index in [1.807, 2.05) is 0 Å². The zero-order valence-corrected chi connectivity index (χ0v) is 17.8. The first-order valence-corrected chi connectivity index (χ1v) is 11.7. The number of hydrogen-bond donors (Lipinski definition) is 3. The summed E-state index contributed by atoms with van der Waals surface area (Å²) in [6.07, 6.45) is 4.55. The van der Waals surface area contributed by atoms with Gasteiger partial charge in [-0.3, -0.25) is 14.5 Å². The van der Waals surface area contributed by atoms with Gasteiger partial charge in [0, 0.05) is 6.54 Å². The lowest BCUT2D eigenvalue weighted by Crippen LogP contribution is -2.50. The average Bonchev–Trinajstić information content (AvgIpc) is 2.92. The number of nitrogens with two attached hydrogens (primary N) is 1. The van der Waals surface area contributed by atoms with Crippen LogP contribution in [-0.4, -0.2) is 49.8 Å². The molecule has 0 radical (unpaired) electrons. The number of benzene rings is 1. The van der Waals surface area contributed by atoms with E-state index in [9.17, 15) is 22.8 Å². The Hall–Kier alpha value is -2.46. The molecule has 0 aromatic heterocycles. The van der Waals surface area contributed by atoms with Crippen LogP contribution in [0, 0.1) is 5.92 Å². The van der Waals surface area contributed by atoms with Crippen LogP contribution in [0.1, 0.15) is 44.6 Å². The maximum atomic E-state index is 12.8. The van der Waals surface area contributed by atoms with E-state index in [0.29, 0.717) is 31.7 Å². The first-order chi connectivity index (χ1) is 14.1. The summed E-state index contributed by atoms with van der Waals surface area (Å²) in [7, 11) is -3.74. The van der Waals surface area contributed by atoms with E-state index in [-0.39, 0.29) is 17.3 Å². The zero-order chi connectivity index (χ0) is 21.9. The van der Waals surface area contributed by atoms with Crippen LogP contribution in [0.2, 0.25) is 0 Å². The van der Waals surface area contributed by atoms with E-state index in [1.54, 1.807) is 12.1 Å². The molecule has 1 aliphatic heterocycles. The lowest BCUT2D eigenvalue weighted by molar-refractivity contribution is -0.136. The molecule has 2 aliphatic rings. The third-order valence-corrected chi connectivity index (χ3v) is 7.00. The lowest BCUT2D eigenvalue weighted by Gasteiger charge is -2.34. The molecule has 164 valence electrons. The first kappa shape index (κ1) is 22.2. The summed E-state index contributed by atoms with van der Waals surface area (Å²) in [4.78, 5) is 38.4. The van der Waals surface area contributed by atoms with Gasteiger partial charge in [0.2, 0.25) is 15.9 Å². The number of imide groups is 1. The fraction of sp³-hybridized carbons (Fsp3) is 0.550. The standard InChI is InChI=1S/C20H28N4O5S/c1-2-14-7-10-20(11-8-14)18(26)24(19(27)23-20)13-17(25)22-12-9-15-3-5-16(6-4-15)30(21,28)29/h3-6,14H,2,7-13H2,1H3,(H,22,25)(H,23,27)(H2,21,28,29). The van der Waals surface area contributed by atoms with Crippen molar-refractivity contribution in [3.05, 3.63) is 29.8 Å². The average molecular weight is 437 g/mol. The van der Waals surface area contributed by atoms with Gasteiger partial charge < -0.3 is 10.6 Å². The van der Waals surface area contributed by atoms with Crippen molar-refractivity contribution in [2.45, 2.75) is 55.9 Å². The Morgan fingerprint density at radius 3 is 2.43 bits per heavy atom. The minimum Gasteiger partial charge on any atom is -0.354 e. The Bertz CT molecular complexity index is 921. The third-order valence-electron chi connectivity index (χ3n) is 6.07. The smallest absolute Gasteiger partial charge is 0.325 e. The number of carbonyl (C=O) groups is 3. The highest BCUT2D eigenvalue weighted by Crippen LogP contribution is 2.37. The monoisotopic (exact) mass is 436 g/mol. The Balaban J connectivity index is 1.49. The van der Waals surface area contributed by atoms with E-state index in [4.69, 9.17) is 5.14 Å². The van der Waals surface area contributed by atoms with Crippen LogP contribution in [0.5, 0.6) is 0 Å². The van der Waals surface area contributed by atoms with Gasteiger partial charge in [0.15, 0.2) is 0 Å². The van der Waals surface area contributed by atoms with E-state index >= 15 is 0 Å². The quantitative estimate of drug-likeness (QED) is 0.545. The second kappa shape index (κ2) is 8.73. The molecule has 1 aliphatic carbocycles. The van der Waals surface area contributed by atoms with Gasteiger partial charge in [0.1, 0.15) is 12.1 Å². The van der Waals surface area contributed by atoms with Crippen LogP contribution in [0.25, 0.3) is 0 Å². The molecule has 1 aromatic carbocycles. The van der Waals surface area contributed by atoms with Gasteiger partial charge in [-0.2, -0.15) is 0 Å². The molecule has 10 heteroatoms. The topological polar surface area (TPSA) is 139 Å². The van der Waals surface area contributed by atoms with Crippen molar-refractivity contribution in [3.63, 3.8) is 0 Å². The largest absolute Gasteiger partial charge is 0.354 e. The van der Waals surface area contributed by atoms with Crippen molar-refractivity contribution < 1.29 is 22.8 Å². The Morgan fingerprint density at radius 1 is 1.23 bits per heavy atom. The normalized spacial score (nSPS) is 24.2. The number of urea groups is 1. The zero-order valence-electron chi connectivity index (χ0n) is 17.0. The number of hydrogen-bond acceptors (Lipinski definition) is 5. The second-order valence-electron chi connectivity index (χ2n) is 8.04. The molecule has 0 unspecified atom stereocenters. The summed E-state index contributed by atoms with van der Waals surface area (Å²) >= 11 is 0. The Kier molecular flexibility index (Phi) is 6.47. The predicted molar refractivity (Wildman–Crippen MR) is 110 cm³/mol. The molecular formula is C20H28N4O5S. The van der Waals surface area contributed by atoms with Crippen molar-refractivity contribution in [3.8, 4) is 0 Å². The minimum absolute atomic E-state index is 0.0238. The van der Waals surface area contributed by atoms with E-state index < -0.39 is 27.5 Å². The molecule has 1 heterocycles. The van der Waals surface area contributed by atoms with Gasteiger partial charge in [0.25, 0.3) is 5.91 Å². The molecule has 9 nitrogen and oxygen atoms in total. The van der Waals surface area contributed by atoms with E-state index in [1.165, 1.54) is 12.1 Å². The van der Waals surface area contributed by atoms with Crippen LogP contribution in [0.15, 0.2) is 29.2 Å². The highest BCUT2D eigenvalue weighted by Gasteiger charge is 2.52. The van der Waals surface area contributed by atoms with Crippen LogP contribution < -0.4 is 15.8 Å². The molecular weight excluding hydrogens is 408 g/mol. The van der Waals surface area contributed by atoms with Gasteiger partial charge >= 0.3 is 6.03 Å². The molecule has 4 N–H and O–H groups in total. The van der Waals surface area contributed by atoms with Crippen LogP contribution in [0.3, 0.4) is 0 Å². The minimum atomic E-state index is -3.74. The molecule has 0 atom stereocenters. The van der Waals surface area contributed by atoms with Gasteiger partial charge in [0.05, 0.1) is 4.90 Å². The highest BCUT2D eigenvalue weighted by atomic mass is 32.2. The molecule has 4 amide bonds. The number of primary sulfonamides is 1. The van der Waals surface area contributed by atoms with E-state index in [0.717, 1.165) is 29.7 Å². The molecule has 1 saturated heterocycles. The van der Waals surface area contributed by atoms with Gasteiger partial charge in [-0.15, -0.1) is 0 Å². The number of amides is 4. The maximum absolute atomic E-state index is 12.8. The van der Waals surface area contributed by atoms with Gasteiger partial charge in [-0.25, -0.2) is 18.4 Å². The van der Waals surface area contributed by atoms with Crippen LogP contribution in [-0.2, 0) is 26.0 Å². The highest BCUT2D eigenvalue weighted by molar-refractivity contribution is 7.89. The molecule has 3 rings (SSSR count). The van der Waals surface area contributed by atoms with Crippen molar-refractivity contribution in [1.82, 2.24) is 15.5 Å². The van der Waals surface area contributed by atoms with Crippen LogP contribution in [0.4, 0.5) is 4.79 Å². The fourth-order valence-corrected chi connectivity index (χ4v) is 4.64. The lowest BCUT2D eigenvalue weighted by atomic mass is 9.75. The number of nitrogens with one attached hydrogen (secondary N) is 2. The summed E-state index contributed by atoms with van der Waals surface area (Å²) in [6, 6.07) is 5.56. The number of carbonyl (C=O) groups excluding carboxylic acids is 3.